The first-order chi connectivity index (χ1) is 29.2. The van der Waals surface area contributed by atoms with Gasteiger partial charge in [0.05, 0.1) is 11.0 Å². The van der Waals surface area contributed by atoms with E-state index in [1.807, 2.05) is 36.4 Å². The van der Waals surface area contributed by atoms with Gasteiger partial charge in [0.2, 0.25) is 0 Å². The van der Waals surface area contributed by atoms with Crippen LogP contribution in [-0.2, 0) is 0 Å². The molecule has 6 heteroatoms. The monoisotopic (exact) mass is 754 g/mol. The molecule has 4 aromatic heterocycles. The SMILES string of the molecule is c1ccc2cc3c(cc2c1)c1ccccc1n3-c1c(-c2nc(-c3ccc4c(c3)oc3ccccc34)nc(-c3cccc4ccccc34)n2)ccc2c1oc1ccccc12. The van der Waals surface area contributed by atoms with Crippen molar-refractivity contribution in [2.24, 2.45) is 0 Å². The summed E-state index contributed by atoms with van der Waals surface area (Å²) >= 11 is 0. The lowest BCUT2D eigenvalue weighted by Gasteiger charge is -2.16. The number of hydrogen-bond acceptors (Lipinski definition) is 5. The van der Waals surface area contributed by atoms with E-state index < -0.39 is 0 Å². The van der Waals surface area contributed by atoms with Gasteiger partial charge in [0.25, 0.3) is 0 Å². The first-order valence-corrected chi connectivity index (χ1v) is 19.8. The van der Waals surface area contributed by atoms with E-state index in [0.717, 1.165) is 104 Å². The van der Waals surface area contributed by atoms with Crippen molar-refractivity contribution < 1.29 is 8.83 Å². The number of nitrogens with zero attached hydrogens (tertiary/aromatic N) is 4. The second-order valence-corrected chi connectivity index (χ2v) is 15.1. The molecule has 0 saturated heterocycles. The molecule has 0 spiro atoms. The Kier molecular flexibility index (Phi) is 6.63. The maximum Gasteiger partial charge on any atom is 0.166 e. The Morgan fingerprint density at radius 2 is 0.932 bits per heavy atom. The number of furan rings is 2. The minimum Gasteiger partial charge on any atom is -0.456 e. The molecule has 0 saturated carbocycles. The standard InChI is InChI=1S/C53H30N4O2/c1-2-14-33-29-45-43(28-32(33)13-1)36-17-5-8-21-44(36)57(45)49-42(27-26-40-38-19-7-10-23-47(38)59-50(40)49)53-55-51(34-24-25-39-37-18-6-9-22-46(37)58-48(39)30-34)54-52(56-53)41-20-11-15-31-12-3-4-16-35(31)41/h1-30H. The zero-order chi connectivity index (χ0) is 38.6. The lowest BCUT2D eigenvalue weighted by Crippen LogP contribution is -2.04. The Hall–Kier alpha value is -8.09. The molecule has 13 aromatic rings. The molecule has 0 aliphatic rings. The number of fused-ring (bicyclic) bond motifs is 11. The van der Waals surface area contributed by atoms with Gasteiger partial charge in [-0.15, -0.1) is 0 Å². The van der Waals surface area contributed by atoms with Crippen LogP contribution in [0.2, 0.25) is 0 Å². The van der Waals surface area contributed by atoms with Gasteiger partial charge in [0.15, 0.2) is 23.1 Å². The summed E-state index contributed by atoms with van der Waals surface area (Å²) in [6.45, 7) is 0. The molecule has 274 valence electrons. The fourth-order valence-corrected chi connectivity index (χ4v) is 9.10. The van der Waals surface area contributed by atoms with Crippen molar-refractivity contribution >= 4 is 87.2 Å². The van der Waals surface area contributed by atoms with Gasteiger partial charge in [-0.2, -0.15) is 0 Å². The normalized spacial score (nSPS) is 12.1. The highest BCUT2D eigenvalue weighted by Crippen LogP contribution is 2.44. The number of aromatic nitrogens is 4. The van der Waals surface area contributed by atoms with Crippen LogP contribution in [-0.4, -0.2) is 19.5 Å². The smallest absolute Gasteiger partial charge is 0.166 e. The Bertz CT molecular complexity index is 3870. The number of hydrogen-bond donors (Lipinski definition) is 0. The second-order valence-electron chi connectivity index (χ2n) is 15.1. The Balaban J connectivity index is 1.15. The summed E-state index contributed by atoms with van der Waals surface area (Å²) in [7, 11) is 0. The average Bonchev–Trinajstić information content (AvgIpc) is 3.96. The predicted octanol–water partition coefficient (Wildman–Crippen LogP) is 14.1. The van der Waals surface area contributed by atoms with Gasteiger partial charge in [-0.3, -0.25) is 0 Å². The van der Waals surface area contributed by atoms with Crippen LogP contribution in [0.1, 0.15) is 0 Å². The molecule has 0 N–H and O–H groups in total. The molecule has 0 aliphatic carbocycles. The molecular formula is C53H30N4O2. The zero-order valence-corrected chi connectivity index (χ0v) is 31.4. The van der Waals surface area contributed by atoms with Crippen LogP contribution in [0.15, 0.2) is 191 Å². The maximum atomic E-state index is 6.91. The lowest BCUT2D eigenvalue weighted by molar-refractivity contribution is 0.666. The van der Waals surface area contributed by atoms with E-state index in [4.69, 9.17) is 23.8 Å². The van der Waals surface area contributed by atoms with E-state index in [9.17, 15) is 0 Å². The largest absolute Gasteiger partial charge is 0.456 e. The van der Waals surface area contributed by atoms with Crippen LogP contribution in [0.5, 0.6) is 0 Å². The maximum absolute atomic E-state index is 6.91. The summed E-state index contributed by atoms with van der Waals surface area (Å²) in [6.07, 6.45) is 0. The number of benzene rings is 9. The van der Waals surface area contributed by atoms with Gasteiger partial charge in [-0.25, -0.2) is 15.0 Å². The molecule has 13 rings (SSSR count). The summed E-state index contributed by atoms with van der Waals surface area (Å²) in [5, 5.41) is 11.0. The third kappa shape index (κ3) is 4.77. The van der Waals surface area contributed by atoms with Gasteiger partial charge in [0, 0.05) is 49.0 Å². The highest BCUT2D eigenvalue weighted by atomic mass is 16.3. The molecular weight excluding hydrogens is 725 g/mol. The molecule has 0 unspecified atom stereocenters. The first-order valence-electron chi connectivity index (χ1n) is 19.8. The second kappa shape index (κ2) is 12.2. The highest BCUT2D eigenvalue weighted by Gasteiger charge is 2.25. The number of para-hydroxylation sites is 3. The molecule has 0 radical (unpaired) electrons. The van der Waals surface area contributed by atoms with Crippen molar-refractivity contribution in [1.29, 1.82) is 0 Å². The van der Waals surface area contributed by atoms with Gasteiger partial charge < -0.3 is 13.4 Å². The fourth-order valence-electron chi connectivity index (χ4n) is 9.10. The molecule has 4 heterocycles. The molecule has 0 fully saturated rings. The van der Waals surface area contributed by atoms with Crippen molar-refractivity contribution in [3.63, 3.8) is 0 Å². The van der Waals surface area contributed by atoms with Crippen molar-refractivity contribution in [3.8, 4) is 39.9 Å². The molecule has 0 atom stereocenters. The molecule has 59 heavy (non-hydrogen) atoms. The molecule has 0 aliphatic heterocycles. The van der Waals surface area contributed by atoms with Gasteiger partial charge >= 0.3 is 0 Å². The molecule has 0 bridgehead atoms. The molecule has 9 aromatic carbocycles. The number of rotatable bonds is 4. The third-order valence-corrected chi connectivity index (χ3v) is 11.8. The summed E-state index contributed by atoms with van der Waals surface area (Å²) in [5.74, 6) is 1.66. The Morgan fingerprint density at radius 3 is 1.76 bits per heavy atom. The average molecular weight is 755 g/mol. The zero-order valence-electron chi connectivity index (χ0n) is 31.4. The molecule has 0 amide bonds. The van der Waals surface area contributed by atoms with E-state index >= 15 is 0 Å². The molecule has 6 nitrogen and oxygen atoms in total. The van der Waals surface area contributed by atoms with E-state index in [1.165, 1.54) is 5.39 Å². The Morgan fingerprint density at radius 1 is 0.339 bits per heavy atom. The predicted molar refractivity (Wildman–Crippen MR) is 240 cm³/mol. The van der Waals surface area contributed by atoms with E-state index in [0.29, 0.717) is 17.5 Å². The summed E-state index contributed by atoms with van der Waals surface area (Å²) in [6, 6.07) is 63.3. The minimum atomic E-state index is 0.534. The summed E-state index contributed by atoms with van der Waals surface area (Å²) < 4.78 is 15.6. The van der Waals surface area contributed by atoms with Gasteiger partial charge in [-0.1, -0.05) is 127 Å². The fraction of sp³-hybridized carbons (Fsp3) is 0. The van der Waals surface area contributed by atoms with E-state index in [2.05, 4.69) is 150 Å². The van der Waals surface area contributed by atoms with Crippen molar-refractivity contribution in [2.75, 3.05) is 0 Å². The van der Waals surface area contributed by atoms with Crippen LogP contribution in [0.4, 0.5) is 0 Å². The van der Waals surface area contributed by atoms with Crippen LogP contribution < -0.4 is 0 Å². The Labute approximate surface area is 336 Å². The highest BCUT2D eigenvalue weighted by molar-refractivity contribution is 6.17. The quantitative estimate of drug-likeness (QED) is 0.179. The van der Waals surface area contributed by atoms with Crippen LogP contribution in [0, 0.1) is 0 Å². The van der Waals surface area contributed by atoms with Crippen molar-refractivity contribution in [1.82, 2.24) is 19.5 Å². The van der Waals surface area contributed by atoms with Crippen molar-refractivity contribution in [2.45, 2.75) is 0 Å². The van der Waals surface area contributed by atoms with Crippen molar-refractivity contribution in [3.05, 3.63) is 182 Å². The summed E-state index contributed by atoms with van der Waals surface area (Å²) in [5.41, 5.74) is 8.77. The minimum absolute atomic E-state index is 0.534. The third-order valence-electron chi connectivity index (χ3n) is 11.8. The van der Waals surface area contributed by atoms with Crippen LogP contribution >= 0.6 is 0 Å². The topological polar surface area (TPSA) is 69.9 Å². The van der Waals surface area contributed by atoms with E-state index in [-0.39, 0.29) is 0 Å². The van der Waals surface area contributed by atoms with E-state index in [1.54, 1.807) is 0 Å². The van der Waals surface area contributed by atoms with Gasteiger partial charge in [0.1, 0.15) is 22.4 Å². The first kappa shape index (κ1) is 32.0. The van der Waals surface area contributed by atoms with Crippen LogP contribution in [0.25, 0.3) is 127 Å². The van der Waals surface area contributed by atoms with Crippen LogP contribution in [0.3, 0.4) is 0 Å². The summed E-state index contributed by atoms with van der Waals surface area (Å²) in [4.78, 5) is 16.0. The van der Waals surface area contributed by atoms with Gasteiger partial charge in [-0.05, 0) is 76.1 Å². The lowest BCUT2D eigenvalue weighted by atomic mass is 10.0.